The van der Waals surface area contributed by atoms with E-state index in [1.54, 1.807) is 24.3 Å². The Labute approximate surface area is 96.6 Å². The van der Waals surface area contributed by atoms with Crippen molar-refractivity contribution in [2.24, 2.45) is 0 Å². The van der Waals surface area contributed by atoms with Crippen LogP contribution < -0.4 is 0 Å². The summed E-state index contributed by atoms with van der Waals surface area (Å²) >= 11 is 0. The highest BCUT2D eigenvalue weighted by molar-refractivity contribution is 5.25. The van der Waals surface area contributed by atoms with Crippen LogP contribution in [-0.2, 0) is 0 Å². The van der Waals surface area contributed by atoms with E-state index in [4.69, 9.17) is 5.11 Å². The fourth-order valence-corrected chi connectivity index (χ4v) is 1.51. The lowest BCUT2D eigenvalue weighted by molar-refractivity contribution is 0.113. The third kappa shape index (κ3) is 4.80. The minimum Gasteiger partial charge on any atom is -0.508 e. The summed E-state index contributed by atoms with van der Waals surface area (Å²) in [6.07, 6.45) is 6.64. The molecule has 1 unspecified atom stereocenters. The molecule has 1 aromatic rings. The minimum absolute atomic E-state index is 0.322. The fraction of sp³-hybridized carbons (Fsp3) is 0.286. The molecule has 1 aliphatic carbocycles. The summed E-state index contributed by atoms with van der Waals surface area (Å²) < 4.78 is 0. The molecule has 0 saturated heterocycles. The monoisotopic (exact) mass is 218 g/mol. The summed E-state index contributed by atoms with van der Waals surface area (Å²) in [4.78, 5) is 0. The van der Waals surface area contributed by atoms with Crippen LogP contribution in [0.5, 0.6) is 5.75 Å². The maximum Gasteiger partial charge on any atom is 0.115 e. The first-order valence-corrected chi connectivity index (χ1v) is 5.32. The van der Waals surface area contributed by atoms with Crippen molar-refractivity contribution in [1.82, 2.24) is 0 Å². The van der Waals surface area contributed by atoms with Gasteiger partial charge in [0.15, 0.2) is 0 Å². The molecule has 2 rings (SSSR count). The van der Waals surface area contributed by atoms with E-state index < -0.39 is 5.60 Å². The standard InChI is InChI=1S/C8H12O.C6H6O/c1-7-4-3-5-8(2,9)6-7;7-6-4-2-1-3-5-6/h3-4,6,9H,5H2,1-2H3;1-5,7H. The number of rotatable bonds is 0. The van der Waals surface area contributed by atoms with Crippen LogP contribution >= 0.6 is 0 Å². The highest BCUT2D eigenvalue weighted by Gasteiger charge is 2.16. The van der Waals surface area contributed by atoms with E-state index in [-0.39, 0.29) is 0 Å². The van der Waals surface area contributed by atoms with Crippen molar-refractivity contribution in [2.75, 3.05) is 0 Å². The first-order chi connectivity index (χ1) is 7.49. The molecule has 1 aliphatic rings. The van der Waals surface area contributed by atoms with E-state index in [2.05, 4.69) is 0 Å². The Kier molecular flexibility index (Phi) is 4.32. The number of hydrogen-bond donors (Lipinski definition) is 2. The molecule has 0 heterocycles. The van der Waals surface area contributed by atoms with Gasteiger partial charge in [0.05, 0.1) is 5.60 Å². The van der Waals surface area contributed by atoms with Gasteiger partial charge in [0.25, 0.3) is 0 Å². The number of para-hydroxylation sites is 1. The molecule has 2 heteroatoms. The molecule has 0 amide bonds. The van der Waals surface area contributed by atoms with Crippen molar-refractivity contribution < 1.29 is 10.2 Å². The Bertz CT molecular complexity index is 375. The molecule has 0 radical (unpaired) electrons. The molecule has 0 aromatic heterocycles. The second-order valence-corrected chi connectivity index (χ2v) is 4.19. The van der Waals surface area contributed by atoms with E-state index in [9.17, 15) is 5.11 Å². The Balaban J connectivity index is 0.000000165. The maximum atomic E-state index is 9.42. The van der Waals surface area contributed by atoms with Crippen LogP contribution in [0.2, 0.25) is 0 Å². The lowest BCUT2D eigenvalue weighted by Gasteiger charge is -2.20. The molecule has 16 heavy (non-hydrogen) atoms. The summed E-state index contributed by atoms with van der Waals surface area (Å²) in [6, 6.07) is 8.71. The van der Waals surface area contributed by atoms with Crippen molar-refractivity contribution in [2.45, 2.75) is 25.9 Å². The molecule has 1 aromatic carbocycles. The smallest absolute Gasteiger partial charge is 0.115 e. The first-order valence-electron chi connectivity index (χ1n) is 5.32. The van der Waals surface area contributed by atoms with Crippen molar-refractivity contribution >= 4 is 0 Å². The highest BCUT2D eigenvalue weighted by atomic mass is 16.3. The molecule has 0 bridgehead atoms. The van der Waals surface area contributed by atoms with Crippen molar-refractivity contribution in [1.29, 1.82) is 0 Å². The first kappa shape index (κ1) is 12.5. The molecule has 0 spiro atoms. The average molecular weight is 218 g/mol. The third-order valence-corrected chi connectivity index (χ3v) is 2.21. The lowest BCUT2D eigenvalue weighted by Crippen LogP contribution is -2.21. The number of aliphatic hydroxyl groups is 1. The number of aromatic hydroxyl groups is 1. The number of benzene rings is 1. The molecular weight excluding hydrogens is 200 g/mol. The number of phenols is 1. The zero-order valence-electron chi connectivity index (χ0n) is 9.72. The number of phenolic OH excluding ortho intramolecular Hbond substituents is 1. The normalized spacial score (nSPS) is 23.1. The Hall–Kier alpha value is -1.54. The second kappa shape index (κ2) is 5.52. The largest absolute Gasteiger partial charge is 0.508 e. The van der Waals surface area contributed by atoms with Crippen molar-refractivity contribution in [3.8, 4) is 5.75 Å². The van der Waals surface area contributed by atoms with Crippen LogP contribution in [0.1, 0.15) is 20.3 Å². The van der Waals surface area contributed by atoms with Crippen LogP contribution in [0.25, 0.3) is 0 Å². The average Bonchev–Trinajstić information content (AvgIpc) is 2.17. The Morgan fingerprint density at radius 1 is 1.19 bits per heavy atom. The number of allylic oxidation sites excluding steroid dienone is 2. The van der Waals surface area contributed by atoms with Gasteiger partial charge >= 0.3 is 0 Å². The second-order valence-electron chi connectivity index (χ2n) is 4.19. The van der Waals surface area contributed by atoms with Gasteiger partial charge < -0.3 is 10.2 Å². The van der Waals surface area contributed by atoms with Crippen molar-refractivity contribution in [3.63, 3.8) is 0 Å². The van der Waals surface area contributed by atoms with Gasteiger partial charge in [0.1, 0.15) is 5.75 Å². The van der Waals surface area contributed by atoms with Crippen LogP contribution in [0.15, 0.2) is 54.1 Å². The number of hydrogen-bond acceptors (Lipinski definition) is 2. The Morgan fingerprint density at radius 2 is 1.81 bits per heavy atom. The zero-order valence-corrected chi connectivity index (χ0v) is 9.72. The quantitative estimate of drug-likeness (QED) is 0.702. The van der Waals surface area contributed by atoms with Gasteiger partial charge in [-0.05, 0) is 32.4 Å². The predicted molar refractivity (Wildman–Crippen MR) is 66.2 cm³/mol. The topological polar surface area (TPSA) is 40.5 Å². The summed E-state index contributed by atoms with van der Waals surface area (Å²) in [5, 5.41) is 18.0. The van der Waals surface area contributed by atoms with Gasteiger partial charge in [-0.15, -0.1) is 0 Å². The molecule has 0 saturated carbocycles. The molecule has 86 valence electrons. The maximum absolute atomic E-state index is 9.42. The van der Waals surface area contributed by atoms with Gasteiger partial charge in [0.2, 0.25) is 0 Å². The Morgan fingerprint density at radius 3 is 2.12 bits per heavy atom. The summed E-state index contributed by atoms with van der Waals surface area (Å²) in [7, 11) is 0. The molecule has 1 atom stereocenters. The molecule has 0 aliphatic heterocycles. The van der Waals surface area contributed by atoms with E-state index in [1.165, 1.54) is 0 Å². The van der Waals surface area contributed by atoms with Crippen LogP contribution in [-0.4, -0.2) is 15.8 Å². The van der Waals surface area contributed by atoms with E-state index >= 15 is 0 Å². The van der Waals surface area contributed by atoms with E-state index in [0.29, 0.717) is 5.75 Å². The van der Waals surface area contributed by atoms with Gasteiger partial charge in [-0.25, -0.2) is 0 Å². The van der Waals surface area contributed by atoms with Gasteiger partial charge in [-0.1, -0.05) is 42.0 Å². The zero-order chi connectivity index (χ0) is 12.0. The fourth-order valence-electron chi connectivity index (χ4n) is 1.51. The SMILES string of the molecule is CC1=CC(C)(O)CC=C1.Oc1ccccc1. The van der Waals surface area contributed by atoms with Gasteiger partial charge in [-0.2, -0.15) is 0 Å². The summed E-state index contributed by atoms with van der Waals surface area (Å²) in [5.74, 6) is 0.322. The molecule has 0 fully saturated rings. The summed E-state index contributed by atoms with van der Waals surface area (Å²) in [5.41, 5.74) is 0.546. The highest BCUT2D eigenvalue weighted by Crippen LogP contribution is 2.19. The van der Waals surface area contributed by atoms with Crippen molar-refractivity contribution in [3.05, 3.63) is 54.1 Å². The predicted octanol–water partition coefficient (Wildman–Crippen LogP) is 3.04. The molecular formula is C14H18O2. The molecule has 2 nitrogen and oxygen atoms in total. The molecule has 2 N–H and O–H groups in total. The third-order valence-electron chi connectivity index (χ3n) is 2.21. The van der Waals surface area contributed by atoms with Gasteiger partial charge in [-0.3, -0.25) is 0 Å². The summed E-state index contributed by atoms with van der Waals surface area (Å²) in [6.45, 7) is 3.81. The van der Waals surface area contributed by atoms with E-state index in [1.807, 2.05) is 38.1 Å². The van der Waals surface area contributed by atoms with Crippen LogP contribution in [0.3, 0.4) is 0 Å². The van der Waals surface area contributed by atoms with E-state index in [0.717, 1.165) is 12.0 Å². The van der Waals surface area contributed by atoms with Gasteiger partial charge in [0, 0.05) is 0 Å². The van der Waals surface area contributed by atoms with Crippen LogP contribution in [0, 0.1) is 0 Å². The minimum atomic E-state index is -0.598. The van der Waals surface area contributed by atoms with Crippen LogP contribution in [0.4, 0.5) is 0 Å². The lowest BCUT2D eigenvalue weighted by atomic mass is 9.94.